The predicted molar refractivity (Wildman–Crippen MR) is 76.3 cm³/mol. The predicted octanol–water partition coefficient (Wildman–Crippen LogP) is 2.11. The maximum absolute atomic E-state index is 6.03. The first-order chi connectivity index (χ1) is 9.32. The minimum absolute atomic E-state index is 0.108. The normalized spacial score (nSPS) is 27.8. The zero-order chi connectivity index (χ0) is 13.1. The Hall–Kier alpha value is -0.750. The zero-order valence-corrected chi connectivity index (χ0v) is 12.0. The van der Waals surface area contributed by atoms with E-state index < -0.39 is 0 Å². The number of piperidine rings is 1. The van der Waals surface area contributed by atoms with Gasteiger partial charge in [0.2, 0.25) is 0 Å². The van der Waals surface area contributed by atoms with Gasteiger partial charge in [-0.05, 0) is 55.6 Å². The lowest BCUT2D eigenvalue weighted by Crippen LogP contribution is -2.52. The highest BCUT2D eigenvalue weighted by molar-refractivity contribution is 7.97. The third kappa shape index (κ3) is 2.74. The fourth-order valence-electron chi connectivity index (χ4n) is 2.68. The zero-order valence-electron chi connectivity index (χ0n) is 11.2. The van der Waals surface area contributed by atoms with Crippen molar-refractivity contribution in [1.29, 1.82) is 0 Å². The number of nitrogens with one attached hydrogen (secondary N) is 1. The van der Waals surface area contributed by atoms with E-state index in [9.17, 15) is 0 Å². The lowest BCUT2D eigenvalue weighted by molar-refractivity contribution is -0.0613. The standard InChI is InChI=1S/C14H20N2O2S/c1-17-12-3-5-13(6-4-12)19-16-9-10-18-14(16)7-2-8-15-11-14/h3-6,15H,2,7-11H2,1H3. The van der Waals surface area contributed by atoms with E-state index in [-0.39, 0.29) is 5.72 Å². The summed E-state index contributed by atoms with van der Waals surface area (Å²) in [6, 6.07) is 8.22. The first-order valence-electron chi connectivity index (χ1n) is 6.77. The molecule has 1 N–H and O–H groups in total. The van der Waals surface area contributed by atoms with Crippen molar-refractivity contribution in [2.75, 3.05) is 33.4 Å². The monoisotopic (exact) mass is 280 g/mol. The molecule has 2 aliphatic rings. The number of methoxy groups -OCH3 is 1. The van der Waals surface area contributed by atoms with Gasteiger partial charge in [0.1, 0.15) is 11.5 Å². The smallest absolute Gasteiger partial charge is 0.143 e. The van der Waals surface area contributed by atoms with E-state index in [1.54, 1.807) is 19.1 Å². The van der Waals surface area contributed by atoms with Gasteiger partial charge in [0.15, 0.2) is 0 Å². The molecule has 0 aromatic heterocycles. The second-order valence-electron chi connectivity index (χ2n) is 4.94. The summed E-state index contributed by atoms with van der Waals surface area (Å²) in [4.78, 5) is 1.23. The van der Waals surface area contributed by atoms with Crippen LogP contribution in [0.1, 0.15) is 12.8 Å². The van der Waals surface area contributed by atoms with Crippen molar-refractivity contribution < 1.29 is 9.47 Å². The summed E-state index contributed by atoms with van der Waals surface area (Å²) in [6.07, 6.45) is 2.29. The topological polar surface area (TPSA) is 33.7 Å². The van der Waals surface area contributed by atoms with Gasteiger partial charge in [-0.15, -0.1) is 0 Å². The molecule has 0 bridgehead atoms. The number of rotatable bonds is 3. The molecular weight excluding hydrogens is 260 g/mol. The largest absolute Gasteiger partial charge is 0.497 e. The molecule has 104 valence electrons. The fourth-order valence-corrected chi connectivity index (χ4v) is 3.74. The second-order valence-corrected chi connectivity index (χ2v) is 6.04. The third-order valence-corrected chi connectivity index (χ3v) is 4.94. The van der Waals surface area contributed by atoms with E-state index in [2.05, 4.69) is 21.8 Å². The molecule has 2 saturated heterocycles. The van der Waals surface area contributed by atoms with Crippen LogP contribution in [0.2, 0.25) is 0 Å². The number of hydrogen-bond acceptors (Lipinski definition) is 5. The first kappa shape index (κ1) is 13.2. The SMILES string of the molecule is COc1ccc(SN2CCOC23CCCNC3)cc1. The summed E-state index contributed by atoms with van der Waals surface area (Å²) in [6.45, 7) is 3.84. The van der Waals surface area contributed by atoms with Crippen LogP contribution in [0, 0.1) is 0 Å². The van der Waals surface area contributed by atoms with E-state index in [1.165, 1.54) is 11.3 Å². The molecule has 0 aliphatic carbocycles. The molecule has 0 amide bonds. The molecule has 1 aromatic carbocycles. The van der Waals surface area contributed by atoms with Gasteiger partial charge in [-0.2, -0.15) is 0 Å². The minimum Gasteiger partial charge on any atom is -0.497 e. The minimum atomic E-state index is -0.108. The van der Waals surface area contributed by atoms with E-state index >= 15 is 0 Å². The lowest BCUT2D eigenvalue weighted by atomic mass is 10.0. The van der Waals surface area contributed by atoms with E-state index in [4.69, 9.17) is 9.47 Å². The summed E-state index contributed by atoms with van der Waals surface area (Å²) in [5, 5.41) is 3.45. The second kappa shape index (κ2) is 5.71. The number of benzene rings is 1. The Morgan fingerprint density at radius 2 is 2.21 bits per heavy atom. The van der Waals surface area contributed by atoms with Crippen molar-refractivity contribution in [2.45, 2.75) is 23.5 Å². The fraction of sp³-hybridized carbons (Fsp3) is 0.571. The molecule has 4 nitrogen and oxygen atoms in total. The van der Waals surface area contributed by atoms with Crippen molar-refractivity contribution in [3.63, 3.8) is 0 Å². The molecule has 5 heteroatoms. The van der Waals surface area contributed by atoms with Gasteiger partial charge >= 0.3 is 0 Å². The number of nitrogens with zero attached hydrogens (tertiary/aromatic N) is 1. The van der Waals surface area contributed by atoms with Gasteiger partial charge < -0.3 is 14.8 Å². The molecule has 1 aromatic rings. The van der Waals surface area contributed by atoms with E-state index in [0.717, 1.165) is 38.4 Å². The van der Waals surface area contributed by atoms with Crippen LogP contribution in [0.25, 0.3) is 0 Å². The van der Waals surface area contributed by atoms with Crippen LogP contribution in [-0.4, -0.2) is 43.4 Å². The van der Waals surface area contributed by atoms with Crippen molar-refractivity contribution in [2.24, 2.45) is 0 Å². The van der Waals surface area contributed by atoms with Crippen LogP contribution >= 0.6 is 11.9 Å². The molecule has 0 radical (unpaired) electrons. The summed E-state index contributed by atoms with van der Waals surface area (Å²) >= 11 is 1.79. The summed E-state index contributed by atoms with van der Waals surface area (Å²) in [5.74, 6) is 0.899. The van der Waals surface area contributed by atoms with Crippen LogP contribution in [-0.2, 0) is 4.74 Å². The van der Waals surface area contributed by atoms with Crippen LogP contribution in [0.4, 0.5) is 0 Å². The molecule has 3 rings (SSSR count). The maximum atomic E-state index is 6.03. The molecule has 1 atom stereocenters. The van der Waals surface area contributed by atoms with Crippen molar-refractivity contribution >= 4 is 11.9 Å². The average Bonchev–Trinajstić information content (AvgIpc) is 2.83. The highest BCUT2D eigenvalue weighted by Gasteiger charge is 2.43. The van der Waals surface area contributed by atoms with Crippen molar-refractivity contribution in [3.05, 3.63) is 24.3 Å². The Bertz CT molecular complexity index is 418. The quantitative estimate of drug-likeness (QED) is 0.858. The molecule has 2 fully saturated rings. The van der Waals surface area contributed by atoms with Gasteiger partial charge in [0.05, 0.1) is 13.7 Å². The Kier molecular flexibility index (Phi) is 3.98. The van der Waals surface area contributed by atoms with Gasteiger partial charge in [0, 0.05) is 18.0 Å². The highest BCUT2D eigenvalue weighted by Crippen LogP contribution is 2.38. The lowest BCUT2D eigenvalue weighted by Gasteiger charge is -2.39. The van der Waals surface area contributed by atoms with Crippen LogP contribution in [0.15, 0.2) is 29.2 Å². The molecule has 0 saturated carbocycles. The highest BCUT2D eigenvalue weighted by atomic mass is 32.2. The third-order valence-electron chi connectivity index (χ3n) is 3.72. The van der Waals surface area contributed by atoms with Crippen molar-refractivity contribution in [1.82, 2.24) is 9.62 Å². The Balaban J connectivity index is 1.70. The summed E-state index contributed by atoms with van der Waals surface area (Å²) in [5.41, 5.74) is -0.108. The maximum Gasteiger partial charge on any atom is 0.143 e. The van der Waals surface area contributed by atoms with Crippen LogP contribution < -0.4 is 10.1 Å². The Morgan fingerprint density at radius 3 is 2.89 bits per heavy atom. The van der Waals surface area contributed by atoms with Gasteiger partial charge in [-0.3, -0.25) is 0 Å². The Morgan fingerprint density at radius 1 is 1.37 bits per heavy atom. The number of hydrogen-bond donors (Lipinski definition) is 1. The molecule has 1 spiro atoms. The van der Waals surface area contributed by atoms with Crippen molar-refractivity contribution in [3.8, 4) is 5.75 Å². The Labute approximate surface area is 118 Å². The molecular formula is C14H20N2O2S. The van der Waals surface area contributed by atoms with Crippen LogP contribution in [0.3, 0.4) is 0 Å². The van der Waals surface area contributed by atoms with Gasteiger partial charge in [-0.1, -0.05) is 0 Å². The number of ether oxygens (including phenoxy) is 2. The van der Waals surface area contributed by atoms with Gasteiger partial charge in [0.25, 0.3) is 0 Å². The summed E-state index contributed by atoms with van der Waals surface area (Å²) in [7, 11) is 1.69. The van der Waals surface area contributed by atoms with Gasteiger partial charge in [-0.25, -0.2) is 4.31 Å². The molecule has 1 unspecified atom stereocenters. The van der Waals surface area contributed by atoms with Crippen LogP contribution in [0.5, 0.6) is 5.75 Å². The van der Waals surface area contributed by atoms with E-state index in [1.807, 2.05) is 12.1 Å². The molecule has 19 heavy (non-hydrogen) atoms. The van der Waals surface area contributed by atoms with E-state index in [0.29, 0.717) is 0 Å². The average molecular weight is 280 g/mol. The summed E-state index contributed by atoms with van der Waals surface area (Å²) < 4.78 is 13.6. The first-order valence-corrected chi connectivity index (χ1v) is 7.54. The molecule has 2 aliphatic heterocycles. The molecule has 2 heterocycles.